The summed E-state index contributed by atoms with van der Waals surface area (Å²) in [4.78, 5) is 0.828. The summed E-state index contributed by atoms with van der Waals surface area (Å²) in [5, 5.41) is 14.1. The van der Waals surface area contributed by atoms with Gasteiger partial charge in [-0.15, -0.1) is 16.4 Å². The van der Waals surface area contributed by atoms with Crippen molar-refractivity contribution in [2.24, 2.45) is 0 Å². The number of benzene rings is 1. The van der Waals surface area contributed by atoms with Crippen molar-refractivity contribution in [3.8, 4) is 10.7 Å². The predicted octanol–water partition coefficient (Wildman–Crippen LogP) is 3.24. The number of tetrazole rings is 1. The van der Waals surface area contributed by atoms with Gasteiger partial charge in [-0.05, 0) is 39.6 Å². The van der Waals surface area contributed by atoms with Crippen LogP contribution in [0.5, 0.6) is 0 Å². The first-order valence-corrected chi connectivity index (χ1v) is 6.74. The van der Waals surface area contributed by atoms with Gasteiger partial charge in [0.1, 0.15) is 5.82 Å². The van der Waals surface area contributed by atoms with Crippen LogP contribution in [0.15, 0.2) is 35.7 Å². The van der Waals surface area contributed by atoms with Gasteiger partial charge in [-0.25, -0.2) is 9.07 Å². The Bertz CT molecular complexity index is 692. The quantitative estimate of drug-likeness (QED) is 0.745. The number of hydrogen-bond acceptors (Lipinski definition) is 4. The van der Waals surface area contributed by atoms with Gasteiger partial charge in [-0.2, -0.15) is 0 Å². The molecule has 19 heavy (non-hydrogen) atoms. The second kappa shape index (κ2) is 5.07. The lowest BCUT2D eigenvalue weighted by molar-refractivity contribution is 0.622. The summed E-state index contributed by atoms with van der Waals surface area (Å²) in [7, 11) is 0. The largest absolute Gasteiger partial charge is 0.220 e. The molecule has 0 bridgehead atoms. The Morgan fingerprint density at radius 1 is 1.21 bits per heavy atom. The molecule has 2 aromatic heterocycles. The first-order chi connectivity index (χ1) is 9.24. The van der Waals surface area contributed by atoms with Crippen molar-refractivity contribution < 1.29 is 4.39 Å². The Morgan fingerprint density at radius 3 is 2.68 bits per heavy atom. The number of aromatic nitrogens is 4. The van der Waals surface area contributed by atoms with Gasteiger partial charge in [0.15, 0.2) is 5.82 Å². The summed E-state index contributed by atoms with van der Waals surface area (Å²) in [5.74, 6) is 0.353. The molecule has 0 atom stereocenters. The number of nitrogens with zero attached hydrogens (tertiary/aromatic N) is 4. The van der Waals surface area contributed by atoms with E-state index < -0.39 is 0 Å². The zero-order valence-corrected chi connectivity index (χ0v) is 11.2. The highest BCUT2D eigenvalue weighted by Crippen LogP contribution is 2.31. The third-order valence-corrected chi connectivity index (χ3v) is 3.94. The lowest BCUT2D eigenvalue weighted by Crippen LogP contribution is -2.04. The van der Waals surface area contributed by atoms with Crippen LogP contribution >= 0.6 is 22.9 Å². The fourth-order valence-corrected chi connectivity index (χ4v) is 2.82. The molecule has 0 aliphatic heterocycles. The minimum atomic E-state index is -0.262. The number of halogens is 2. The topological polar surface area (TPSA) is 43.6 Å². The average Bonchev–Trinajstić information content (AvgIpc) is 3.01. The Morgan fingerprint density at radius 2 is 2.00 bits per heavy atom. The van der Waals surface area contributed by atoms with Crippen LogP contribution in [-0.4, -0.2) is 20.2 Å². The Balaban J connectivity index is 1.93. The zero-order valence-electron chi connectivity index (χ0n) is 9.62. The van der Waals surface area contributed by atoms with Crippen LogP contribution in [0.4, 0.5) is 4.39 Å². The highest BCUT2D eigenvalue weighted by molar-refractivity contribution is 7.14. The molecule has 0 aliphatic carbocycles. The molecular formula is C12H8ClFN4S. The standard InChI is InChI=1S/C12H8ClFN4S/c13-10-5-6-19-11(10)12-15-16-17-18(12)7-8-1-3-9(14)4-2-8/h1-6H,7H2. The fraction of sp³-hybridized carbons (Fsp3) is 0.0833. The Hall–Kier alpha value is -1.79. The molecule has 2 heterocycles. The van der Waals surface area contributed by atoms with E-state index in [1.165, 1.54) is 23.5 Å². The SMILES string of the molecule is Fc1ccc(Cn2nnnc2-c2sccc2Cl)cc1. The van der Waals surface area contributed by atoms with E-state index in [1.54, 1.807) is 22.9 Å². The highest BCUT2D eigenvalue weighted by atomic mass is 35.5. The molecule has 7 heteroatoms. The van der Waals surface area contributed by atoms with Crippen molar-refractivity contribution in [3.63, 3.8) is 0 Å². The fourth-order valence-electron chi connectivity index (χ4n) is 1.69. The van der Waals surface area contributed by atoms with E-state index in [2.05, 4.69) is 15.5 Å². The van der Waals surface area contributed by atoms with Crippen molar-refractivity contribution in [2.75, 3.05) is 0 Å². The van der Waals surface area contributed by atoms with E-state index in [0.29, 0.717) is 17.4 Å². The molecule has 0 radical (unpaired) electrons. The molecular weight excluding hydrogens is 287 g/mol. The zero-order chi connectivity index (χ0) is 13.2. The Labute approximate surface area is 117 Å². The van der Waals surface area contributed by atoms with Crippen LogP contribution in [0, 0.1) is 5.82 Å². The third-order valence-electron chi connectivity index (χ3n) is 2.60. The van der Waals surface area contributed by atoms with Crippen LogP contribution in [-0.2, 0) is 6.54 Å². The monoisotopic (exact) mass is 294 g/mol. The lowest BCUT2D eigenvalue weighted by Gasteiger charge is -2.03. The number of rotatable bonds is 3. The Kier molecular flexibility index (Phi) is 3.27. The predicted molar refractivity (Wildman–Crippen MR) is 71.6 cm³/mol. The molecule has 3 aromatic rings. The molecule has 0 unspecified atom stereocenters. The van der Waals surface area contributed by atoms with Gasteiger partial charge >= 0.3 is 0 Å². The van der Waals surface area contributed by atoms with Gasteiger partial charge in [0, 0.05) is 0 Å². The van der Waals surface area contributed by atoms with E-state index in [-0.39, 0.29) is 5.82 Å². The maximum atomic E-state index is 12.9. The molecule has 1 aromatic carbocycles. The van der Waals surface area contributed by atoms with Crippen LogP contribution < -0.4 is 0 Å². The second-order valence-electron chi connectivity index (χ2n) is 3.88. The highest BCUT2D eigenvalue weighted by Gasteiger charge is 2.13. The molecule has 4 nitrogen and oxygen atoms in total. The molecule has 0 saturated heterocycles. The molecule has 0 amide bonds. The normalized spacial score (nSPS) is 10.8. The van der Waals surface area contributed by atoms with Crippen LogP contribution in [0.3, 0.4) is 0 Å². The summed E-state index contributed by atoms with van der Waals surface area (Å²) < 4.78 is 14.5. The smallest absolute Gasteiger partial charge is 0.193 e. The average molecular weight is 295 g/mol. The summed E-state index contributed by atoms with van der Waals surface area (Å²) in [5.41, 5.74) is 0.919. The van der Waals surface area contributed by atoms with Crippen molar-refractivity contribution in [1.29, 1.82) is 0 Å². The van der Waals surface area contributed by atoms with Crippen molar-refractivity contribution in [3.05, 3.63) is 52.1 Å². The van der Waals surface area contributed by atoms with E-state index in [4.69, 9.17) is 11.6 Å². The van der Waals surface area contributed by atoms with Crippen LogP contribution in [0.1, 0.15) is 5.56 Å². The van der Waals surface area contributed by atoms with Crippen LogP contribution in [0.2, 0.25) is 5.02 Å². The van der Waals surface area contributed by atoms with E-state index in [0.717, 1.165) is 10.4 Å². The first kappa shape index (κ1) is 12.3. The lowest BCUT2D eigenvalue weighted by atomic mass is 10.2. The van der Waals surface area contributed by atoms with Gasteiger partial charge in [0.05, 0.1) is 16.4 Å². The van der Waals surface area contributed by atoms with Crippen molar-refractivity contribution in [2.45, 2.75) is 6.54 Å². The van der Waals surface area contributed by atoms with Gasteiger partial charge in [-0.1, -0.05) is 23.7 Å². The maximum Gasteiger partial charge on any atom is 0.193 e. The first-order valence-electron chi connectivity index (χ1n) is 5.48. The molecule has 0 aliphatic rings. The third kappa shape index (κ3) is 2.50. The minimum absolute atomic E-state index is 0.262. The van der Waals surface area contributed by atoms with E-state index >= 15 is 0 Å². The summed E-state index contributed by atoms with van der Waals surface area (Å²) in [6.07, 6.45) is 0. The summed E-state index contributed by atoms with van der Waals surface area (Å²) in [6, 6.07) is 8.04. The summed E-state index contributed by atoms with van der Waals surface area (Å²) >= 11 is 7.56. The maximum absolute atomic E-state index is 12.9. The van der Waals surface area contributed by atoms with E-state index in [1.807, 2.05) is 5.38 Å². The van der Waals surface area contributed by atoms with Gasteiger partial charge in [-0.3, -0.25) is 0 Å². The van der Waals surface area contributed by atoms with Crippen LogP contribution in [0.25, 0.3) is 10.7 Å². The molecule has 96 valence electrons. The van der Waals surface area contributed by atoms with Gasteiger partial charge in [0.25, 0.3) is 0 Å². The van der Waals surface area contributed by atoms with E-state index in [9.17, 15) is 4.39 Å². The molecule has 0 fully saturated rings. The second-order valence-corrected chi connectivity index (χ2v) is 5.21. The number of hydrogen-bond donors (Lipinski definition) is 0. The van der Waals surface area contributed by atoms with Gasteiger partial charge in [0.2, 0.25) is 0 Å². The van der Waals surface area contributed by atoms with Crippen molar-refractivity contribution in [1.82, 2.24) is 20.2 Å². The molecule has 0 N–H and O–H groups in total. The summed E-state index contributed by atoms with van der Waals surface area (Å²) in [6.45, 7) is 0.469. The van der Waals surface area contributed by atoms with Gasteiger partial charge < -0.3 is 0 Å². The molecule has 3 rings (SSSR count). The minimum Gasteiger partial charge on any atom is -0.220 e. The number of thiophene rings is 1. The molecule has 0 saturated carbocycles. The molecule has 0 spiro atoms. The van der Waals surface area contributed by atoms with Crippen molar-refractivity contribution >= 4 is 22.9 Å².